The maximum atomic E-state index is 13.7. The van der Waals surface area contributed by atoms with Crippen molar-refractivity contribution in [3.8, 4) is 5.69 Å². The molecule has 1 aliphatic rings. The molecule has 0 bridgehead atoms. The SMILES string of the molecule is CCN(C(=O)C1CCCCC1)C(C)c1nc2ccccc2c(=O)n1-c1ccc(C)cc1C. The Hall–Kier alpha value is -2.95. The van der Waals surface area contributed by atoms with Gasteiger partial charge in [0.1, 0.15) is 5.82 Å². The molecule has 0 radical (unpaired) electrons. The van der Waals surface area contributed by atoms with Crippen molar-refractivity contribution in [2.75, 3.05) is 6.54 Å². The topological polar surface area (TPSA) is 55.2 Å². The normalized spacial score (nSPS) is 15.6. The molecule has 1 amide bonds. The molecule has 168 valence electrons. The summed E-state index contributed by atoms with van der Waals surface area (Å²) in [4.78, 5) is 34.0. The van der Waals surface area contributed by atoms with Crippen molar-refractivity contribution in [1.82, 2.24) is 14.5 Å². The number of benzene rings is 2. The number of para-hydroxylation sites is 1. The molecule has 5 heteroatoms. The van der Waals surface area contributed by atoms with E-state index in [0.717, 1.165) is 42.5 Å². The van der Waals surface area contributed by atoms with E-state index in [1.165, 1.54) is 6.42 Å². The van der Waals surface area contributed by atoms with Crippen LogP contribution in [0.5, 0.6) is 0 Å². The Kier molecular flexibility index (Phi) is 6.45. The van der Waals surface area contributed by atoms with Gasteiger partial charge in [0.2, 0.25) is 5.91 Å². The van der Waals surface area contributed by atoms with Crippen molar-refractivity contribution in [1.29, 1.82) is 0 Å². The smallest absolute Gasteiger partial charge is 0.266 e. The molecular weight excluding hydrogens is 398 g/mol. The van der Waals surface area contributed by atoms with E-state index in [9.17, 15) is 9.59 Å². The molecule has 1 atom stereocenters. The molecule has 0 N–H and O–H groups in total. The molecule has 1 saturated carbocycles. The third kappa shape index (κ3) is 4.08. The summed E-state index contributed by atoms with van der Waals surface area (Å²) in [5.41, 5.74) is 3.55. The lowest BCUT2D eigenvalue weighted by molar-refractivity contribution is -0.138. The van der Waals surface area contributed by atoms with Crippen molar-refractivity contribution in [2.24, 2.45) is 5.92 Å². The van der Waals surface area contributed by atoms with Gasteiger partial charge in [-0.15, -0.1) is 0 Å². The van der Waals surface area contributed by atoms with E-state index in [0.29, 0.717) is 23.3 Å². The Balaban J connectivity index is 1.88. The van der Waals surface area contributed by atoms with Crippen LogP contribution in [0.25, 0.3) is 16.6 Å². The maximum Gasteiger partial charge on any atom is 0.266 e. The molecule has 1 fully saturated rings. The fourth-order valence-electron chi connectivity index (χ4n) is 5.06. The van der Waals surface area contributed by atoms with Gasteiger partial charge in [0.25, 0.3) is 5.56 Å². The molecular formula is C27H33N3O2. The molecule has 5 nitrogen and oxygen atoms in total. The van der Waals surface area contributed by atoms with Gasteiger partial charge in [0.05, 0.1) is 22.6 Å². The number of fused-ring (bicyclic) bond motifs is 1. The first-order valence-corrected chi connectivity index (χ1v) is 11.8. The van der Waals surface area contributed by atoms with Crippen LogP contribution in [0.15, 0.2) is 47.3 Å². The Morgan fingerprint density at radius 3 is 2.53 bits per heavy atom. The van der Waals surface area contributed by atoms with Crippen molar-refractivity contribution >= 4 is 16.8 Å². The highest BCUT2D eigenvalue weighted by Crippen LogP contribution is 2.30. The van der Waals surface area contributed by atoms with Crippen LogP contribution in [0, 0.1) is 19.8 Å². The molecule has 1 aliphatic carbocycles. The predicted molar refractivity (Wildman–Crippen MR) is 129 cm³/mol. The second-order valence-electron chi connectivity index (χ2n) is 9.05. The zero-order valence-corrected chi connectivity index (χ0v) is 19.6. The predicted octanol–water partition coefficient (Wildman–Crippen LogP) is 5.49. The van der Waals surface area contributed by atoms with Gasteiger partial charge >= 0.3 is 0 Å². The van der Waals surface area contributed by atoms with Gasteiger partial charge in [-0.2, -0.15) is 0 Å². The number of hydrogen-bond acceptors (Lipinski definition) is 3. The number of rotatable bonds is 5. The van der Waals surface area contributed by atoms with Crippen LogP contribution in [0.1, 0.15) is 68.9 Å². The van der Waals surface area contributed by atoms with Gasteiger partial charge in [0, 0.05) is 12.5 Å². The zero-order chi connectivity index (χ0) is 22.8. The lowest BCUT2D eigenvalue weighted by Crippen LogP contribution is -2.41. The Labute approximate surface area is 190 Å². The van der Waals surface area contributed by atoms with Gasteiger partial charge < -0.3 is 4.90 Å². The summed E-state index contributed by atoms with van der Waals surface area (Å²) in [7, 11) is 0. The average molecular weight is 432 g/mol. The number of carbonyl (C=O) groups is 1. The van der Waals surface area contributed by atoms with Gasteiger partial charge in [-0.3, -0.25) is 14.2 Å². The molecule has 1 heterocycles. The number of aryl methyl sites for hydroxylation is 2. The Morgan fingerprint density at radius 1 is 1.12 bits per heavy atom. The second kappa shape index (κ2) is 9.27. The third-order valence-electron chi connectivity index (χ3n) is 6.81. The zero-order valence-electron chi connectivity index (χ0n) is 19.6. The fourth-order valence-corrected chi connectivity index (χ4v) is 5.06. The van der Waals surface area contributed by atoms with Crippen molar-refractivity contribution in [3.05, 3.63) is 69.8 Å². The lowest BCUT2D eigenvalue weighted by atomic mass is 9.88. The minimum atomic E-state index is -0.313. The summed E-state index contributed by atoms with van der Waals surface area (Å²) in [5.74, 6) is 0.883. The molecule has 0 spiro atoms. The lowest BCUT2D eigenvalue weighted by Gasteiger charge is -2.33. The number of hydrogen-bond donors (Lipinski definition) is 0. The standard InChI is InChI=1S/C27H33N3O2/c1-5-29(26(31)21-11-7-6-8-12-21)20(4)25-28-23-14-10-9-13-22(23)27(32)30(25)24-16-15-18(2)17-19(24)3/h9-10,13-17,20-21H,5-8,11-12H2,1-4H3. The summed E-state index contributed by atoms with van der Waals surface area (Å²) < 4.78 is 1.72. The third-order valence-corrected chi connectivity index (χ3v) is 6.81. The van der Waals surface area contributed by atoms with E-state index < -0.39 is 0 Å². The van der Waals surface area contributed by atoms with Crippen LogP contribution in [0.4, 0.5) is 0 Å². The first-order valence-electron chi connectivity index (χ1n) is 11.8. The fraction of sp³-hybridized carbons (Fsp3) is 0.444. The molecule has 2 aromatic carbocycles. The highest BCUT2D eigenvalue weighted by atomic mass is 16.2. The molecule has 3 aromatic rings. The first-order chi connectivity index (χ1) is 15.4. The molecule has 1 aromatic heterocycles. The van der Waals surface area contributed by atoms with Crippen LogP contribution in [-0.2, 0) is 4.79 Å². The molecule has 4 rings (SSSR count). The van der Waals surface area contributed by atoms with E-state index in [2.05, 4.69) is 6.07 Å². The van der Waals surface area contributed by atoms with Gasteiger partial charge in [-0.05, 0) is 64.3 Å². The molecule has 0 aliphatic heterocycles. The largest absolute Gasteiger partial charge is 0.333 e. The number of amides is 1. The number of carbonyl (C=O) groups excluding carboxylic acids is 1. The van der Waals surface area contributed by atoms with Crippen LogP contribution in [0.2, 0.25) is 0 Å². The highest BCUT2D eigenvalue weighted by Gasteiger charge is 2.31. The van der Waals surface area contributed by atoms with E-state index in [1.807, 2.05) is 69.0 Å². The number of aromatic nitrogens is 2. The Morgan fingerprint density at radius 2 is 1.84 bits per heavy atom. The quantitative estimate of drug-likeness (QED) is 0.537. The molecule has 1 unspecified atom stereocenters. The van der Waals surface area contributed by atoms with Gasteiger partial charge in [-0.1, -0.05) is 49.1 Å². The highest BCUT2D eigenvalue weighted by molar-refractivity contribution is 5.80. The minimum absolute atomic E-state index is 0.0767. The van der Waals surface area contributed by atoms with E-state index in [1.54, 1.807) is 4.57 Å². The van der Waals surface area contributed by atoms with Crippen molar-refractivity contribution < 1.29 is 4.79 Å². The molecule has 32 heavy (non-hydrogen) atoms. The van der Waals surface area contributed by atoms with Crippen molar-refractivity contribution in [2.45, 2.75) is 65.8 Å². The van der Waals surface area contributed by atoms with E-state index in [-0.39, 0.29) is 23.4 Å². The van der Waals surface area contributed by atoms with Crippen LogP contribution in [0.3, 0.4) is 0 Å². The maximum absolute atomic E-state index is 13.7. The summed E-state index contributed by atoms with van der Waals surface area (Å²) in [5, 5.41) is 0.588. The summed E-state index contributed by atoms with van der Waals surface area (Å²) in [6.07, 6.45) is 5.35. The average Bonchev–Trinajstić information content (AvgIpc) is 2.80. The minimum Gasteiger partial charge on any atom is -0.333 e. The van der Waals surface area contributed by atoms with E-state index in [4.69, 9.17) is 4.98 Å². The molecule has 0 saturated heterocycles. The van der Waals surface area contributed by atoms with Crippen molar-refractivity contribution in [3.63, 3.8) is 0 Å². The van der Waals surface area contributed by atoms with Crippen LogP contribution >= 0.6 is 0 Å². The first kappa shape index (κ1) is 22.3. The second-order valence-corrected chi connectivity index (χ2v) is 9.05. The monoisotopic (exact) mass is 431 g/mol. The number of nitrogens with zero attached hydrogens (tertiary/aromatic N) is 3. The summed E-state index contributed by atoms with van der Waals surface area (Å²) >= 11 is 0. The summed E-state index contributed by atoms with van der Waals surface area (Å²) in [6, 6.07) is 13.2. The van der Waals surface area contributed by atoms with Gasteiger partial charge in [-0.25, -0.2) is 4.98 Å². The van der Waals surface area contributed by atoms with Crippen LogP contribution in [-0.4, -0.2) is 26.9 Å². The van der Waals surface area contributed by atoms with Crippen LogP contribution < -0.4 is 5.56 Å². The van der Waals surface area contributed by atoms with E-state index >= 15 is 0 Å². The van der Waals surface area contributed by atoms with Gasteiger partial charge in [0.15, 0.2) is 0 Å². The Bertz CT molecular complexity index is 1190. The summed E-state index contributed by atoms with van der Waals surface area (Å²) in [6.45, 7) is 8.66.